The minimum atomic E-state index is -1.15. The van der Waals surface area contributed by atoms with E-state index in [1.165, 1.54) is 6.07 Å². The Morgan fingerprint density at radius 1 is 1.75 bits per heavy atom. The molecule has 0 radical (unpaired) electrons. The summed E-state index contributed by atoms with van der Waals surface area (Å²) in [6.45, 7) is 1.63. The van der Waals surface area contributed by atoms with Crippen LogP contribution in [0.2, 0.25) is 0 Å². The number of nitrogens with zero attached hydrogens (tertiary/aromatic N) is 1. The highest BCUT2D eigenvalue weighted by atomic mass is 79.9. The van der Waals surface area contributed by atoms with Crippen molar-refractivity contribution in [2.75, 3.05) is 5.73 Å². The van der Waals surface area contributed by atoms with Gasteiger partial charge in [-0.3, -0.25) is 4.79 Å². The molecule has 1 heterocycles. The summed E-state index contributed by atoms with van der Waals surface area (Å²) in [5, 5.41) is 10.8. The van der Waals surface area contributed by atoms with Gasteiger partial charge in [0.2, 0.25) is 0 Å². The van der Waals surface area contributed by atoms with Gasteiger partial charge in [-0.15, -0.1) is 0 Å². The first-order valence-corrected chi connectivity index (χ1v) is 5.15. The molecule has 86 valence electrons. The van der Waals surface area contributed by atoms with Crippen LogP contribution in [0.4, 0.5) is 10.6 Å². The van der Waals surface area contributed by atoms with E-state index >= 15 is 0 Å². The van der Waals surface area contributed by atoms with Crippen LogP contribution < -0.4 is 11.1 Å². The van der Waals surface area contributed by atoms with Crippen LogP contribution in [-0.2, 0) is 0 Å². The maximum absolute atomic E-state index is 10.6. The van der Waals surface area contributed by atoms with Crippen molar-refractivity contribution in [3.05, 3.63) is 21.8 Å². The van der Waals surface area contributed by atoms with Crippen LogP contribution in [0.25, 0.3) is 0 Å². The van der Waals surface area contributed by atoms with Crippen LogP contribution in [0, 0.1) is 0 Å². The van der Waals surface area contributed by atoms with Crippen molar-refractivity contribution in [1.82, 2.24) is 10.3 Å². The number of carboxylic acid groups (broad SMARTS) is 1. The third-order valence-electron chi connectivity index (χ3n) is 1.94. The molecule has 4 N–H and O–H groups in total. The number of anilines is 1. The van der Waals surface area contributed by atoms with E-state index in [4.69, 9.17) is 10.8 Å². The van der Waals surface area contributed by atoms with Gasteiger partial charge in [0.05, 0.1) is 17.3 Å². The second-order valence-corrected chi connectivity index (χ2v) is 3.97. The third kappa shape index (κ3) is 2.69. The van der Waals surface area contributed by atoms with Crippen LogP contribution in [0.1, 0.15) is 29.0 Å². The number of rotatable bonds is 3. The molecule has 1 amide bonds. The average molecular weight is 288 g/mol. The Kier molecular flexibility index (Phi) is 3.83. The summed E-state index contributed by atoms with van der Waals surface area (Å²) in [5.74, 6) is 0.0761. The van der Waals surface area contributed by atoms with E-state index in [0.29, 0.717) is 16.5 Å². The quantitative estimate of drug-likeness (QED) is 0.732. The molecule has 0 saturated carbocycles. The van der Waals surface area contributed by atoms with Crippen molar-refractivity contribution < 1.29 is 14.7 Å². The zero-order valence-electron chi connectivity index (χ0n) is 8.40. The number of nitrogen functional groups attached to an aromatic ring is 1. The topological polar surface area (TPSA) is 105 Å². The summed E-state index contributed by atoms with van der Waals surface area (Å²) in [4.78, 5) is 25.0. The molecule has 0 saturated heterocycles. The number of carbonyl (C=O) groups excluding carboxylic acids is 1. The Bertz CT molecular complexity index is 436. The number of aromatic nitrogens is 1. The number of hydrogen-bond donors (Lipinski definition) is 3. The van der Waals surface area contributed by atoms with Crippen molar-refractivity contribution in [3.63, 3.8) is 0 Å². The van der Waals surface area contributed by atoms with Gasteiger partial charge in [0.1, 0.15) is 5.82 Å². The number of carbonyl (C=O) groups is 2. The molecule has 0 bridgehead atoms. The summed E-state index contributed by atoms with van der Waals surface area (Å²) in [6, 6.07) is 0.986. The van der Waals surface area contributed by atoms with Crippen LogP contribution >= 0.6 is 15.9 Å². The molecule has 1 unspecified atom stereocenters. The van der Waals surface area contributed by atoms with Crippen LogP contribution in [0.3, 0.4) is 0 Å². The first-order chi connectivity index (χ1) is 7.45. The first kappa shape index (κ1) is 12.4. The Morgan fingerprint density at radius 2 is 2.38 bits per heavy atom. The number of nitrogens with two attached hydrogens (primary N) is 1. The van der Waals surface area contributed by atoms with Crippen LogP contribution in [0.15, 0.2) is 10.5 Å². The molecule has 1 aromatic heterocycles. The number of nitrogens with one attached hydrogen (secondary N) is 1. The summed E-state index contributed by atoms with van der Waals surface area (Å²) in [6.07, 6.45) is -0.564. The van der Waals surface area contributed by atoms with E-state index in [1.54, 1.807) is 6.92 Å². The predicted octanol–water partition coefficient (Wildman–Crippen LogP) is 1.57. The number of pyridine rings is 1. The molecule has 1 rings (SSSR count). The smallest absolute Gasteiger partial charge is 0.405 e. The van der Waals surface area contributed by atoms with Gasteiger partial charge >= 0.3 is 6.09 Å². The molecule has 0 aliphatic rings. The minimum absolute atomic E-state index is 0.0761. The number of amides is 1. The lowest BCUT2D eigenvalue weighted by Gasteiger charge is -2.13. The Labute approximate surface area is 100.0 Å². The lowest BCUT2D eigenvalue weighted by Crippen LogP contribution is -2.25. The number of hydrogen-bond acceptors (Lipinski definition) is 4. The molecular formula is C9H10BrN3O3. The van der Waals surface area contributed by atoms with Crippen LogP contribution in [0.5, 0.6) is 0 Å². The van der Waals surface area contributed by atoms with E-state index in [2.05, 4.69) is 26.2 Å². The van der Waals surface area contributed by atoms with E-state index < -0.39 is 12.1 Å². The van der Waals surface area contributed by atoms with Gasteiger partial charge in [0.25, 0.3) is 0 Å². The molecule has 0 aliphatic carbocycles. The largest absolute Gasteiger partial charge is 0.465 e. The highest BCUT2D eigenvalue weighted by molar-refractivity contribution is 9.10. The molecule has 0 fully saturated rings. The predicted molar refractivity (Wildman–Crippen MR) is 61.3 cm³/mol. The zero-order chi connectivity index (χ0) is 12.3. The fraction of sp³-hybridized carbons (Fsp3) is 0.222. The second kappa shape index (κ2) is 4.93. The Balaban J connectivity index is 3.10. The number of halogens is 1. The standard InChI is InChI=1S/C9H10BrN3O3/c1-4(12-9(15)16)7-6(10)2-5(3-14)8(11)13-7/h2-4,12H,1H3,(H2,11,13)(H,15,16). The average Bonchev–Trinajstić information content (AvgIpc) is 2.19. The van der Waals surface area contributed by atoms with Gasteiger partial charge < -0.3 is 16.2 Å². The lowest BCUT2D eigenvalue weighted by molar-refractivity contribution is 0.112. The van der Waals surface area contributed by atoms with Gasteiger partial charge in [-0.05, 0) is 28.9 Å². The van der Waals surface area contributed by atoms with Gasteiger partial charge in [0, 0.05) is 4.47 Å². The Hall–Kier alpha value is -1.63. The summed E-state index contributed by atoms with van der Waals surface area (Å²) in [5.41, 5.74) is 6.23. The van der Waals surface area contributed by atoms with E-state index in [0.717, 1.165) is 0 Å². The van der Waals surface area contributed by atoms with Gasteiger partial charge in [-0.25, -0.2) is 9.78 Å². The highest BCUT2D eigenvalue weighted by Crippen LogP contribution is 2.24. The molecule has 1 atom stereocenters. The normalized spacial score (nSPS) is 11.9. The van der Waals surface area contributed by atoms with Gasteiger partial charge in [-0.2, -0.15) is 0 Å². The molecule has 7 heteroatoms. The van der Waals surface area contributed by atoms with E-state index in [9.17, 15) is 9.59 Å². The van der Waals surface area contributed by atoms with E-state index in [-0.39, 0.29) is 11.4 Å². The second-order valence-electron chi connectivity index (χ2n) is 3.12. The lowest BCUT2D eigenvalue weighted by atomic mass is 10.2. The third-order valence-corrected chi connectivity index (χ3v) is 2.58. The summed E-state index contributed by atoms with van der Waals surface area (Å²) < 4.78 is 0.532. The van der Waals surface area contributed by atoms with Gasteiger partial charge in [-0.1, -0.05) is 0 Å². The molecule has 0 aliphatic heterocycles. The first-order valence-electron chi connectivity index (χ1n) is 4.36. The molecule has 16 heavy (non-hydrogen) atoms. The SMILES string of the molecule is CC(NC(=O)O)c1nc(N)c(C=O)cc1Br. The zero-order valence-corrected chi connectivity index (χ0v) is 9.98. The van der Waals surface area contributed by atoms with Crippen molar-refractivity contribution >= 4 is 34.1 Å². The van der Waals surface area contributed by atoms with Gasteiger partial charge in [0.15, 0.2) is 6.29 Å². The van der Waals surface area contributed by atoms with Crippen molar-refractivity contribution in [2.24, 2.45) is 0 Å². The maximum atomic E-state index is 10.6. The molecule has 6 nitrogen and oxygen atoms in total. The molecular weight excluding hydrogens is 278 g/mol. The van der Waals surface area contributed by atoms with Crippen molar-refractivity contribution in [1.29, 1.82) is 0 Å². The Morgan fingerprint density at radius 3 is 2.88 bits per heavy atom. The van der Waals surface area contributed by atoms with Crippen molar-refractivity contribution in [3.8, 4) is 0 Å². The van der Waals surface area contributed by atoms with E-state index in [1.807, 2.05) is 0 Å². The fourth-order valence-electron chi connectivity index (χ4n) is 1.18. The maximum Gasteiger partial charge on any atom is 0.405 e. The molecule has 0 aromatic carbocycles. The minimum Gasteiger partial charge on any atom is -0.465 e. The molecule has 1 aromatic rings. The highest BCUT2D eigenvalue weighted by Gasteiger charge is 2.15. The summed E-state index contributed by atoms with van der Waals surface area (Å²) in [7, 11) is 0. The number of aldehydes is 1. The molecule has 0 spiro atoms. The fourth-order valence-corrected chi connectivity index (χ4v) is 1.86. The van der Waals surface area contributed by atoms with Crippen molar-refractivity contribution in [2.45, 2.75) is 13.0 Å². The monoisotopic (exact) mass is 287 g/mol. The summed E-state index contributed by atoms with van der Waals surface area (Å²) >= 11 is 3.20. The van der Waals surface area contributed by atoms with Crippen LogP contribution in [-0.4, -0.2) is 22.5 Å².